The van der Waals surface area contributed by atoms with Crippen LogP contribution in [0.4, 0.5) is 26.3 Å². The van der Waals surface area contributed by atoms with Gasteiger partial charge in [-0.15, -0.1) is 0 Å². The minimum Gasteiger partial charge on any atom is -0.376 e. The van der Waals surface area contributed by atoms with Crippen LogP contribution in [0.15, 0.2) is 0 Å². The fraction of sp³-hybridized carbons (Fsp3) is 1.00. The Kier molecular flexibility index (Phi) is 5.31. The smallest absolute Gasteiger partial charge is 0.376 e. The molecule has 2 atom stereocenters. The summed E-state index contributed by atoms with van der Waals surface area (Å²) in [6.07, 6.45) is -8.15. The molecule has 104 valence electrons. The topological polar surface area (TPSA) is 20.2 Å². The Morgan fingerprint density at radius 2 is 1.59 bits per heavy atom. The lowest BCUT2D eigenvalue weighted by molar-refractivity contribution is -0.338. The predicted molar refractivity (Wildman–Crippen MR) is 50.6 cm³/mol. The van der Waals surface area contributed by atoms with E-state index >= 15 is 0 Å². The fourth-order valence-corrected chi connectivity index (χ4v) is 1.55. The standard InChI is InChI=1S/C10H16F6O/c1-3-4-9(12,13)8(17,10(14,15)16)5-7(2)6-11/h7,17H,3-6H2,1-2H3. The van der Waals surface area contributed by atoms with Gasteiger partial charge in [-0.05, 0) is 12.3 Å². The van der Waals surface area contributed by atoms with Crippen molar-refractivity contribution in [2.45, 2.75) is 50.8 Å². The highest BCUT2D eigenvalue weighted by atomic mass is 19.4. The molecule has 0 bridgehead atoms. The highest BCUT2D eigenvalue weighted by molar-refractivity contribution is 4.99. The first kappa shape index (κ1) is 16.5. The van der Waals surface area contributed by atoms with Crippen molar-refractivity contribution in [2.24, 2.45) is 5.92 Å². The lowest BCUT2D eigenvalue weighted by atomic mass is 9.83. The fourth-order valence-electron chi connectivity index (χ4n) is 1.55. The Bertz CT molecular complexity index is 239. The molecule has 0 amide bonds. The molecule has 0 aromatic heterocycles. The summed E-state index contributed by atoms with van der Waals surface area (Å²) in [5.41, 5.74) is -4.17. The summed E-state index contributed by atoms with van der Waals surface area (Å²) in [6.45, 7) is 1.13. The third kappa shape index (κ3) is 3.50. The Balaban J connectivity index is 5.25. The van der Waals surface area contributed by atoms with Gasteiger partial charge in [-0.25, -0.2) is 8.78 Å². The summed E-state index contributed by atoms with van der Waals surface area (Å²) >= 11 is 0. The summed E-state index contributed by atoms with van der Waals surface area (Å²) in [7, 11) is 0. The van der Waals surface area contributed by atoms with Crippen LogP contribution in [-0.4, -0.2) is 29.5 Å². The molecule has 0 aliphatic rings. The van der Waals surface area contributed by atoms with E-state index in [1.165, 1.54) is 6.92 Å². The molecular weight excluding hydrogens is 250 g/mol. The van der Waals surface area contributed by atoms with E-state index in [4.69, 9.17) is 0 Å². The van der Waals surface area contributed by atoms with E-state index in [1.807, 2.05) is 0 Å². The predicted octanol–water partition coefficient (Wildman–Crippen LogP) is 3.71. The molecule has 0 heterocycles. The maximum Gasteiger partial charge on any atom is 0.423 e. The van der Waals surface area contributed by atoms with Gasteiger partial charge < -0.3 is 5.11 Å². The second-order valence-electron chi connectivity index (χ2n) is 4.28. The highest BCUT2D eigenvalue weighted by Gasteiger charge is 2.68. The summed E-state index contributed by atoms with van der Waals surface area (Å²) < 4.78 is 76.6. The van der Waals surface area contributed by atoms with Gasteiger partial charge in [0.1, 0.15) is 0 Å². The molecule has 0 rings (SSSR count). The van der Waals surface area contributed by atoms with Gasteiger partial charge >= 0.3 is 6.18 Å². The Morgan fingerprint density at radius 1 is 1.12 bits per heavy atom. The first-order valence-corrected chi connectivity index (χ1v) is 5.24. The average molecular weight is 266 g/mol. The second-order valence-corrected chi connectivity index (χ2v) is 4.28. The number of rotatable bonds is 6. The van der Waals surface area contributed by atoms with Gasteiger partial charge in [0.2, 0.25) is 5.60 Å². The van der Waals surface area contributed by atoms with E-state index < -0.39 is 43.1 Å². The van der Waals surface area contributed by atoms with E-state index in [9.17, 15) is 31.4 Å². The van der Waals surface area contributed by atoms with Gasteiger partial charge in [-0.1, -0.05) is 20.3 Å². The van der Waals surface area contributed by atoms with Gasteiger partial charge in [0.05, 0.1) is 6.67 Å². The first-order chi connectivity index (χ1) is 7.52. The molecule has 17 heavy (non-hydrogen) atoms. The van der Waals surface area contributed by atoms with Crippen molar-refractivity contribution in [3.63, 3.8) is 0 Å². The number of alkyl halides is 6. The Hall–Kier alpha value is -0.460. The summed E-state index contributed by atoms with van der Waals surface area (Å²) in [5.74, 6) is -5.60. The summed E-state index contributed by atoms with van der Waals surface area (Å²) in [5, 5.41) is 9.27. The van der Waals surface area contributed by atoms with Crippen molar-refractivity contribution in [2.75, 3.05) is 6.67 Å². The van der Waals surface area contributed by atoms with Crippen molar-refractivity contribution in [3.05, 3.63) is 0 Å². The minimum absolute atomic E-state index is 0.213. The van der Waals surface area contributed by atoms with Crippen LogP contribution in [0.5, 0.6) is 0 Å². The van der Waals surface area contributed by atoms with Gasteiger partial charge in [-0.2, -0.15) is 13.2 Å². The van der Waals surface area contributed by atoms with Crippen LogP contribution in [0.1, 0.15) is 33.1 Å². The molecule has 7 heteroatoms. The molecule has 0 radical (unpaired) electrons. The van der Waals surface area contributed by atoms with E-state index in [0.29, 0.717) is 0 Å². The van der Waals surface area contributed by atoms with Crippen molar-refractivity contribution < 1.29 is 31.4 Å². The van der Waals surface area contributed by atoms with Crippen molar-refractivity contribution in [1.82, 2.24) is 0 Å². The zero-order valence-electron chi connectivity index (χ0n) is 9.62. The maximum absolute atomic E-state index is 13.4. The number of halogens is 6. The molecule has 0 aliphatic heterocycles. The van der Waals surface area contributed by atoms with Gasteiger partial charge in [0, 0.05) is 6.42 Å². The van der Waals surface area contributed by atoms with E-state index in [0.717, 1.165) is 6.92 Å². The maximum atomic E-state index is 13.4. The van der Waals surface area contributed by atoms with Crippen LogP contribution in [-0.2, 0) is 0 Å². The quantitative estimate of drug-likeness (QED) is 0.726. The summed E-state index contributed by atoms with van der Waals surface area (Å²) in [4.78, 5) is 0. The lowest BCUT2D eigenvalue weighted by Crippen LogP contribution is -2.59. The van der Waals surface area contributed by atoms with Crippen LogP contribution in [0, 0.1) is 5.92 Å². The van der Waals surface area contributed by atoms with Crippen molar-refractivity contribution in [1.29, 1.82) is 0 Å². The molecule has 0 spiro atoms. The molecule has 0 aliphatic carbocycles. The van der Waals surface area contributed by atoms with E-state index in [1.54, 1.807) is 0 Å². The molecular formula is C10H16F6O. The number of aliphatic hydroxyl groups is 1. The molecule has 1 nitrogen and oxygen atoms in total. The van der Waals surface area contributed by atoms with E-state index in [-0.39, 0.29) is 6.42 Å². The van der Waals surface area contributed by atoms with Crippen LogP contribution in [0.3, 0.4) is 0 Å². The van der Waals surface area contributed by atoms with Crippen LogP contribution in [0.2, 0.25) is 0 Å². The second kappa shape index (κ2) is 5.46. The molecule has 0 fully saturated rings. The van der Waals surface area contributed by atoms with Crippen LogP contribution < -0.4 is 0 Å². The molecule has 1 N–H and O–H groups in total. The molecule has 0 aromatic rings. The summed E-state index contributed by atoms with van der Waals surface area (Å²) in [6, 6.07) is 0. The molecule has 0 aromatic carbocycles. The zero-order chi connectivity index (χ0) is 13.9. The Morgan fingerprint density at radius 3 is 1.88 bits per heavy atom. The van der Waals surface area contributed by atoms with Crippen molar-refractivity contribution >= 4 is 0 Å². The third-order valence-electron chi connectivity index (χ3n) is 2.55. The zero-order valence-corrected chi connectivity index (χ0v) is 9.62. The number of hydrogen-bond donors (Lipinski definition) is 1. The third-order valence-corrected chi connectivity index (χ3v) is 2.55. The van der Waals surface area contributed by atoms with Crippen molar-refractivity contribution in [3.8, 4) is 0 Å². The SMILES string of the molecule is CCCC(F)(F)C(O)(CC(C)CF)C(F)(F)F. The van der Waals surface area contributed by atoms with Crippen LogP contribution >= 0.6 is 0 Å². The normalized spacial score (nSPS) is 18.9. The van der Waals surface area contributed by atoms with Gasteiger partial charge in [0.15, 0.2) is 0 Å². The van der Waals surface area contributed by atoms with E-state index in [2.05, 4.69) is 0 Å². The lowest BCUT2D eigenvalue weighted by Gasteiger charge is -2.38. The minimum atomic E-state index is -5.49. The molecule has 2 unspecified atom stereocenters. The molecule has 0 saturated carbocycles. The largest absolute Gasteiger partial charge is 0.423 e. The monoisotopic (exact) mass is 266 g/mol. The first-order valence-electron chi connectivity index (χ1n) is 5.24. The highest BCUT2D eigenvalue weighted by Crippen LogP contribution is 2.47. The average Bonchev–Trinajstić information content (AvgIpc) is 2.15. The molecule has 0 saturated heterocycles. The van der Waals surface area contributed by atoms with Gasteiger partial charge in [-0.3, -0.25) is 4.39 Å². The number of hydrogen-bond acceptors (Lipinski definition) is 1. The Labute approximate surface area is 95.8 Å². The van der Waals surface area contributed by atoms with Gasteiger partial charge in [0.25, 0.3) is 5.92 Å². The van der Waals surface area contributed by atoms with Crippen LogP contribution in [0.25, 0.3) is 0 Å².